The Kier molecular flexibility index (Phi) is 8.82. The monoisotopic (exact) mass is 222 g/mol. The third-order valence-corrected chi connectivity index (χ3v) is 2.81. The molecule has 16 heavy (non-hydrogen) atoms. The third kappa shape index (κ3) is 7.41. The molecule has 2 nitrogen and oxygen atoms in total. The van der Waals surface area contributed by atoms with E-state index >= 15 is 0 Å². The molecule has 0 heterocycles. The zero-order chi connectivity index (χ0) is 12.4. The maximum absolute atomic E-state index is 7.57. The van der Waals surface area contributed by atoms with E-state index in [0.29, 0.717) is 5.92 Å². The molecule has 0 rings (SSSR count). The molecule has 0 spiro atoms. The molecule has 1 unspecified atom stereocenters. The molecule has 0 fully saturated rings. The molecule has 2 heteroatoms. The van der Waals surface area contributed by atoms with Gasteiger partial charge in [-0.05, 0) is 52.6 Å². The van der Waals surface area contributed by atoms with E-state index in [9.17, 15) is 0 Å². The highest BCUT2D eigenvalue weighted by atomic mass is 14.8. The average Bonchev–Trinajstić information content (AvgIpc) is 2.27. The van der Waals surface area contributed by atoms with Crippen LogP contribution in [0.25, 0.3) is 0 Å². The van der Waals surface area contributed by atoms with Gasteiger partial charge in [0.05, 0.1) is 0 Å². The van der Waals surface area contributed by atoms with Crippen LogP contribution >= 0.6 is 0 Å². The molecule has 0 aliphatic carbocycles. The first kappa shape index (κ1) is 15.1. The van der Waals surface area contributed by atoms with E-state index in [1.54, 1.807) is 0 Å². The lowest BCUT2D eigenvalue weighted by molar-refractivity contribution is 0.745. The van der Waals surface area contributed by atoms with E-state index in [2.05, 4.69) is 37.4 Å². The first-order chi connectivity index (χ1) is 7.61. The summed E-state index contributed by atoms with van der Waals surface area (Å²) in [7, 11) is 1.98. The molecule has 0 saturated heterocycles. The highest BCUT2D eigenvalue weighted by molar-refractivity contribution is 5.80. The smallest absolute Gasteiger partial charge is 0.00894 e. The van der Waals surface area contributed by atoms with Gasteiger partial charge in [-0.2, -0.15) is 0 Å². The normalized spacial score (nSPS) is 14.4. The van der Waals surface area contributed by atoms with Crippen molar-refractivity contribution in [2.75, 3.05) is 13.6 Å². The summed E-state index contributed by atoms with van der Waals surface area (Å²) in [6.45, 7) is 7.09. The molecule has 0 saturated carbocycles. The molecule has 0 bridgehead atoms. The van der Waals surface area contributed by atoms with Crippen LogP contribution in [0.5, 0.6) is 0 Å². The Morgan fingerprint density at radius 1 is 1.44 bits per heavy atom. The molecule has 2 N–H and O–H groups in total. The van der Waals surface area contributed by atoms with Gasteiger partial charge in [0, 0.05) is 5.71 Å². The van der Waals surface area contributed by atoms with Crippen LogP contribution in [0.4, 0.5) is 0 Å². The van der Waals surface area contributed by atoms with E-state index in [4.69, 9.17) is 5.41 Å². The third-order valence-electron chi connectivity index (χ3n) is 2.81. The first-order valence-corrected chi connectivity index (χ1v) is 6.10. The van der Waals surface area contributed by atoms with E-state index < -0.39 is 0 Å². The van der Waals surface area contributed by atoms with Gasteiger partial charge in [-0.3, -0.25) is 0 Å². The highest BCUT2D eigenvalue weighted by Gasteiger charge is 2.02. The molecule has 0 aromatic heterocycles. The predicted octanol–water partition coefficient (Wildman–Crippen LogP) is 3.55. The summed E-state index contributed by atoms with van der Waals surface area (Å²) in [6, 6.07) is 0. The number of allylic oxidation sites excluding steroid dienone is 3. The fraction of sp³-hybridized carbons (Fsp3) is 0.643. The SMILES string of the molecule is CC=CCC(=CCC(C)C(C)=N)CCNC. The lowest BCUT2D eigenvalue weighted by atomic mass is 9.99. The van der Waals surface area contributed by atoms with Crippen molar-refractivity contribution < 1.29 is 0 Å². The number of hydrogen-bond acceptors (Lipinski definition) is 2. The summed E-state index contributed by atoms with van der Waals surface area (Å²) in [5.41, 5.74) is 2.25. The standard InChI is InChI=1S/C14H26N2/c1-5-6-7-14(10-11-16-4)9-8-12(2)13(3)15/h5-6,9,12,15-16H,7-8,10-11H2,1-4H3. The molecular weight excluding hydrogens is 196 g/mol. The minimum Gasteiger partial charge on any atom is -0.319 e. The van der Waals surface area contributed by atoms with Crippen LogP contribution in [0.3, 0.4) is 0 Å². The van der Waals surface area contributed by atoms with E-state index in [0.717, 1.165) is 31.5 Å². The summed E-state index contributed by atoms with van der Waals surface area (Å²) >= 11 is 0. The van der Waals surface area contributed by atoms with E-state index in [-0.39, 0.29) is 0 Å². The minimum atomic E-state index is 0.371. The lowest BCUT2D eigenvalue weighted by Crippen LogP contribution is -2.09. The van der Waals surface area contributed by atoms with E-state index in [1.165, 1.54) is 5.57 Å². The molecule has 1 atom stereocenters. The number of rotatable bonds is 8. The molecule has 0 aromatic rings. The van der Waals surface area contributed by atoms with Crippen LogP contribution in [0.15, 0.2) is 23.8 Å². The van der Waals surface area contributed by atoms with Gasteiger partial charge in [0.25, 0.3) is 0 Å². The van der Waals surface area contributed by atoms with Gasteiger partial charge in [0.15, 0.2) is 0 Å². The number of hydrogen-bond donors (Lipinski definition) is 2. The Morgan fingerprint density at radius 3 is 2.62 bits per heavy atom. The Morgan fingerprint density at radius 2 is 2.12 bits per heavy atom. The van der Waals surface area contributed by atoms with Crippen molar-refractivity contribution in [1.29, 1.82) is 5.41 Å². The van der Waals surface area contributed by atoms with Crippen LogP contribution in [0, 0.1) is 11.3 Å². The number of nitrogens with one attached hydrogen (secondary N) is 2. The fourth-order valence-corrected chi connectivity index (χ4v) is 1.36. The van der Waals surface area contributed by atoms with Gasteiger partial charge in [0.1, 0.15) is 0 Å². The van der Waals surface area contributed by atoms with Crippen molar-refractivity contribution >= 4 is 5.71 Å². The molecule has 0 aromatic carbocycles. The van der Waals surface area contributed by atoms with Gasteiger partial charge in [-0.25, -0.2) is 0 Å². The summed E-state index contributed by atoms with van der Waals surface area (Å²) in [6.07, 6.45) is 9.74. The maximum atomic E-state index is 7.57. The van der Waals surface area contributed by atoms with Crippen molar-refractivity contribution in [2.24, 2.45) is 5.92 Å². The van der Waals surface area contributed by atoms with Crippen LogP contribution in [-0.2, 0) is 0 Å². The lowest BCUT2D eigenvalue weighted by Gasteiger charge is -2.09. The minimum absolute atomic E-state index is 0.371. The Labute approximate surface area is 100 Å². The molecule has 0 amide bonds. The topological polar surface area (TPSA) is 35.9 Å². The summed E-state index contributed by atoms with van der Waals surface area (Å²) in [5.74, 6) is 0.371. The van der Waals surface area contributed by atoms with Gasteiger partial charge < -0.3 is 10.7 Å². The van der Waals surface area contributed by atoms with Gasteiger partial charge in [0.2, 0.25) is 0 Å². The van der Waals surface area contributed by atoms with Crippen LogP contribution in [-0.4, -0.2) is 19.3 Å². The van der Waals surface area contributed by atoms with Crippen molar-refractivity contribution in [1.82, 2.24) is 5.32 Å². The van der Waals surface area contributed by atoms with Gasteiger partial charge in [-0.15, -0.1) is 0 Å². The van der Waals surface area contributed by atoms with Crippen LogP contribution < -0.4 is 5.32 Å². The summed E-state index contributed by atoms with van der Waals surface area (Å²) in [4.78, 5) is 0. The average molecular weight is 222 g/mol. The Hall–Kier alpha value is -0.890. The second kappa shape index (κ2) is 9.34. The van der Waals surface area contributed by atoms with Crippen LogP contribution in [0.2, 0.25) is 0 Å². The Balaban J connectivity index is 4.24. The quantitative estimate of drug-likeness (QED) is 0.478. The molecular formula is C14H26N2. The molecule has 92 valence electrons. The molecule has 0 radical (unpaired) electrons. The van der Waals surface area contributed by atoms with Crippen LogP contribution in [0.1, 0.15) is 40.0 Å². The fourth-order valence-electron chi connectivity index (χ4n) is 1.36. The predicted molar refractivity (Wildman–Crippen MR) is 73.2 cm³/mol. The van der Waals surface area contributed by atoms with Crippen molar-refractivity contribution in [2.45, 2.75) is 40.0 Å². The largest absolute Gasteiger partial charge is 0.319 e. The van der Waals surface area contributed by atoms with Crippen molar-refractivity contribution in [3.05, 3.63) is 23.8 Å². The van der Waals surface area contributed by atoms with Gasteiger partial charge in [-0.1, -0.05) is 30.7 Å². The first-order valence-electron chi connectivity index (χ1n) is 6.10. The zero-order valence-corrected chi connectivity index (χ0v) is 11.1. The molecule has 0 aliphatic heterocycles. The second-order valence-electron chi connectivity index (χ2n) is 4.31. The zero-order valence-electron chi connectivity index (χ0n) is 11.1. The summed E-state index contributed by atoms with van der Waals surface area (Å²) in [5, 5.41) is 10.7. The second-order valence-corrected chi connectivity index (χ2v) is 4.31. The van der Waals surface area contributed by atoms with Crippen molar-refractivity contribution in [3.63, 3.8) is 0 Å². The van der Waals surface area contributed by atoms with E-state index in [1.807, 2.05) is 14.0 Å². The highest BCUT2D eigenvalue weighted by Crippen LogP contribution is 2.13. The molecule has 0 aliphatic rings. The summed E-state index contributed by atoms with van der Waals surface area (Å²) < 4.78 is 0. The maximum Gasteiger partial charge on any atom is 0.00894 e. The Bertz CT molecular complexity index is 251. The van der Waals surface area contributed by atoms with Gasteiger partial charge >= 0.3 is 0 Å². The van der Waals surface area contributed by atoms with Crippen molar-refractivity contribution in [3.8, 4) is 0 Å².